The van der Waals surface area contributed by atoms with E-state index in [0.29, 0.717) is 5.92 Å². The molecule has 1 fully saturated rings. The Labute approximate surface area is 165 Å². The Morgan fingerprint density at radius 3 is 2.61 bits per heavy atom. The highest BCUT2D eigenvalue weighted by Crippen LogP contribution is 2.36. The lowest BCUT2D eigenvalue weighted by molar-refractivity contribution is 0.397. The highest BCUT2D eigenvalue weighted by molar-refractivity contribution is 5.86. The van der Waals surface area contributed by atoms with Gasteiger partial charge in [-0.1, -0.05) is 31.4 Å². The lowest BCUT2D eigenvalue weighted by Gasteiger charge is -2.28. The van der Waals surface area contributed by atoms with Crippen LogP contribution in [0.5, 0.6) is 0 Å². The van der Waals surface area contributed by atoms with Crippen LogP contribution in [0.25, 0.3) is 5.70 Å². The molecule has 6 nitrogen and oxygen atoms in total. The van der Waals surface area contributed by atoms with Gasteiger partial charge < -0.3 is 16.0 Å². The van der Waals surface area contributed by atoms with Crippen molar-refractivity contribution in [2.24, 2.45) is 22.5 Å². The molecule has 0 amide bonds. The average molecular weight is 385 g/mol. The van der Waals surface area contributed by atoms with E-state index < -0.39 is 0 Å². The SMILES string of the molecule is CNCc1ccc(F)cc1.N/C(=C1/c2cc[nH]c2N=CN1N)C1CCCCC1. The van der Waals surface area contributed by atoms with Crippen LogP contribution in [0.1, 0.15) is 43.2 Å². The standard InChI is InChI=1S/C13H19N5.C8H10FN/c14-11(9-4-2-1-3-5-9)12-10-6-7-16-13(10)17-8-18(12)15;1-10-6-7-2-4-8(9)5-3-7/h6-9,16H,1-5,14-15H2;2-5,10H,6H2,1H3/b12-11-;. The number of nitrogens with one attached hydrogen (secondary N) is 2. The minimum Gasteiger partial charge on any atom is -0.400 e. The van der Waals surface area contributed by atoms with Gasteiger partial charge in [0.25, 0.3) is 0 Å². The van der Waals surface area contributed by atoms with Gasteiger partial charge in [-0.15, -0.1) is 0 Å². The first-order valence-corrected chi connectivity index (χ1v) is 9.74. The van der Waals surface area contributed by atoms with Gasteiger partial charge in [-0.3, -0.25) is 5.01 Å². The van der Waals surface area contributed by atoms with E-state index in [9.17, 15) is 4.39 Å². The lowest BCUT2D eigenvalue weighted by atomic mass is 9.85. The lowest BCUT2D eigenvalue weighted by Crippen LogP contribution is -2.33. The number of hydrazine groups is 1. The number of rotatable bonds is 3. The predicted octanol–water partition coefficient (Wildman–Crippen LogP) is 3.62. The zero-order valence-electron chi connectivity index (χ0n) is 16.3. The Morgan fingerprint density at radius 2 is 1.93 bits per heavy atom. The molecule has 2 aromatic rings. The minimum absolute atomic E-state index is 0.181. The summed E-state index contributed by atoms with van der Waals surface area (Å²) in [6.45, 7) is 0.792. The Morgan fingerprint density at radius 1 is 1.21 bits per heavy atom. The molecule has 6 N–H and O–H groups in total. The molecule has 7 heteroatoms. The number of benzene rings is 1. The summed E-state index contributed by atoms with van der Waals surface area (Å²) in [5.41, 5.74) is 10.3. The number of hydrogen-bond acceptors (Lipinski definition) is 5. The fraction of sp³-hybridized carbons (Fsp3) is 0.381. The summed E-state index contributed by atoms with van der Waals surface area (Å²) < 4.78 is 12.3. The second-order valence-corrected chi connectivity index (χ2v) is 7.19. The molecule has 1 aliphatic heterocycles. The van der Waals surface area contributed by atoms with Crippen LogP contribution in [-0.4, -0.2) is 23.4 Å². The van der Waals surface area contributed by atoms with Crippen LogP contribution in [0.15, 0.2) is 47.2 Å². The molecule has 0 unspecified atom stereocenters. The smallest absolute Gasteiger partial charge is 0.141 e. The van der Waals surface area contributed by atoms with Gasteiger partial charge in [-0.2, -0.15) is 0 Å². The number of aliphatic imine (C=N–C) groups is 1. The molecule has 1 saturated carbocycles. The van der Waals surface area contributed by atoms with Crippen molar-refractivity contribution in [1.82, 2.24) is 15.3 Å². The van der Waals surface area contributed by atoms with Crippen molar-refractivity contribution in [3.63, 3.8) is 0 Å². The van der Waals surface area contributed by atoms with E-state index in [-0.39, 0.29) is 5.82 Å². The van der Waals surface area contributed by atoms with Crippen LogP contribution < -0.4 is 16.9 Å². The minimum atomic E-state index is -0.181. The quantitative estimate of drug-likeness (QED) is 0.608. The molecule has 1 aliphatic carbocycles. The van der Waals surface area contributed by atoms with Crippen LogP contribution in [0.2, 0.25) is 0 Å². The van der Waals surface area contributed by atoms with Crippen molar-refractivity contribution in [2.45, 2.75) is 38.6 Å². The van der Waals surface area contributed by atoms with Crippen molar-refractivity contribution in [3.8, 4) is 0 Å². The van der Waals surface area contributed by atoms with Crippen LogP contribution in [0.3, 0.4) is 0 Å². The second-order valence-electron chi connectivity index (χ2n) is 7.19. The summed E-state index contributed by atoms with van der Waals surface area (Å²) in [5.74, 6) is 7.10. The van der Waals surface area contributed by atoms with Gasteiger partial charge >= 0.3 is 0 Å². The van der Waals surface area contributed by atoms with Gasteiger partial charge in [0, 0.05) is 29.9 Å². The van der Waals surface area contributed by atoms with Gasteiger partial charge in [0.2, 0.25) is 0 Å². The summed E-state index contributed by atoms with van der Waals surface area (Å²) in [5, 5.41) is 4.52. The molecule has 2 aliphatic rings. The molecule has 150 valence electrons. The van der Waals surface area contributed by atoms with Crippen LogP contribution >= 0.6 is 0 Å². The van der Waals surface area contributed by atoms with Gasteiger partial charge in [0.15, 0.2) is 0 Å². The van der Waals surface area contributed by atoms with Crippen molar-refractivity contribution < 1.29 is 4.39 Å². The largest absolute Gasteiger partial charge is 0.400 e. The second kappa shape index (κ2) is 9.52. The van der Waals surface area contributed by atoms with Crippen molar-refractivity contribution in [1.29, 1.82) is 0 Å². The number of aromatic nitrogens is 1. The third kappa shape index (κ3) is 4.79. The third-order valence-electron chi connectivity index (χ3n) is 5.16. The van der Waals surface area contributed by atoms with E-state index in [0.717, 1.165) is 34.9 Å². The van der Waals surface area contributed by atoms with Crippen LogP contribution in [0.4, 0.5) is 10.2 Å². The number of H-pyrrole nitrogens is 1. The molecular formula is C21H29FN6. The van der Waals surface area contributed by atoms with Crippen molar-refractivity contribution in [3.05, 3.63) is 59.2 Å². The first kappa shape index (κ1) is 20.1. The Kier molecular flexibility index (Phi) is 6.84. The van der Waals surface area contributed by atoms with E-state index in [1.807, 2.05) is 19.3 Å². The summed E-state index contributed by atoms with van der Waals surface area (Å²) >= 11 is 0. The molecule has 2 heterocycles. The number of nitrogens with two attached hydrogens (primary N) is 2. The normalized spacial score (nSPS) is 18.3. The number of halogens is 1. The number of hydrogen-bond donors (Lipinski definition) is 4. The van der Waals surface area contributed by atoms with Gasteiger partial charge in [-0.05, 0) is 43.7 Å². The Hall–Kier alpha value is -2.64. The Bertz CT molecular complexity index is 818. The fourth-order valence-electron chi connectivity index (χ4n) is 3.69. The first-order valence-electron chi connectivity index (χ1n) is 9.74. The summed E-state index contributed by atoms with van der Waals surface area (Å²) in [4.78, 5) is 7.34. The highest BCUT2D eigenvalue weighted by atomic mass is 19.1. The Balaban J connectivity index is 0.000000192. The molecule has 1 aromatic heterocycles. The first-order chi connectivity index (χ1) is 13.6. The zero-order chi connectivity index (χ0) is 19.9. The van der Waals surface area contributed by atoms with E-state index >= 15 is 0 Å². The summed E-state index contributed by atoms with van der Waals surface area (Å²) in [6, 6.07) is 8.45. The molecule has 0 atom stereocenters. The molecule has 0 radical (unpaired) electrons. The molecular weight excluding hydrogens is 355 g/mol. The fourth-order valence-corrected chi connectivity index (χ4v) is 3.69. The van der Waals surface area contributed by atoms with Crippen LogP contribution in [-0.2, 0) is 6.54 Å². The number of nitrogens with zero attached hydrogens (tertiary/aromatic N) is 2. The average Bonchev–Trinajstić information content (AvgIpc) is 3.19. The monoisotopic (exact) mass is 384 g/mol. The highest BCUT2D eigenvalue weighted by Gasteiger charge is 2.25. The van der Waals surface area contributed by atoms with Crippen molar-refractivity contribution >= 4 is 17.9 Å². The van der Waals surface area contributed by atoms with Gasteiger partial charge in [-0.25, -0.2) is 15.2 Å². The summed E-state index contributed by atoms with van der Waals surface area (Å²) in [6.07, 6.45) is 9.66. The number of fused-ring (bicyclic) bond motifs is 1. The number of allylic oxidation sites excluding steroid dienone is 1. The van der Waals surface area contributed by atoms with Gasteiger partial charge in [0.05, 0.1) is 5.70 Å². The van der Waals surface area contributed by atoms with Gasteiger partial charge in [0.1, 0.15) is 18.0 Å². The maximum Gasteiger partial charge on any atom is 0.141 e. The maximum absolute atomic E-state index is 12.3. The predicted molar refractivity (Wildman–Crippen MR) is 112 cm³/mol. The topological polar surface area (TPSA) is 95.5 Å². The van der Waals surface area contributed by atoms with E-state index in [1.54, 1.807) is 23.5 Å². The maximum atomic E-state index is 12.3. The summed E-state index contributed by atoms with van der Waals surface area (Å²) in [7, 11) is 1.86. The van der Waals surface area contributed by atoms with E-state index in [4.69, 9.17) is 11.6 Å². The van der Waals surface area contributed by atoms with E-state index in [2.05, 4.69) is 15.3 Å². The van der Waals surface area contributed by atoms with E-state index in [1.165, 1.54) is 44.2 Å². The van der Waals surface area contributed by atoms with Crippen molar-refractivity contribution in [2.75, 3.05) is 7.05 Å². The van der Waals surface area contributed by atoms with Crippen LogP contribution in [0, 0.1) is 11.7 Å². The molecule has 0 bridgehead atoms. The molecule has 4 rings (SSSR count). The zero-order valence-corrected chi connectivity index (χ0v) is 16.3. The molecule has 0 saturated heterocycles. The number of aromatic amines is 1. The molecule has 1 aromatic carbocycles. The third-order valence-corrected chi connectivity index (χ3v) is 5.16. The molecule has 0 spiro atoms. The molecule has 28 heavy (non-hydrogen) atoms.